The average molecular weight is 362 g/mol. The first kappa shape index (κ1) is 18.3. The molecule has 0 amide bonds. The van der Waals surface area contributed by atoms with Gasteiger partial charge in [0.25, 0.3) is 0 Å². The Bertz CT molecular complexity index is 933. The van der Waals surface area contributed by atoms with Crippen molar-refractivity contribution in [2.24, 2.45) is 5.73 Å². The lowest BCUT2D eigenvalue weighted by Crippen LogP contribution is -2.37. The summed E-state index contributed by atoms with van der Waals surface area (Å²) in [5, 5.41) is 9.29. The summed E-state index contributed by atoms with van der Waals surface area (Å²) < 4.78 is 16.4. The molecule has 1 atom stereocenters. The number of anilines is 1. The van der Waals surface area contributed by atoms with Gasteiger partial charge in [-0.2, -0.15) is 0 Å². The van der Waals surface area contributed by atoms with Crippen LogP contribution in [0.4, 0.5) is 10.2 Å². The number of nitrogens with zero attached hydrogens (tertiary/aromatic N) is 3. The van der Waals surface area contributed by atoms with Crippen molar-refractivity contribution in [2.45, 2.75) is 45.2 Å². The second kappa shape index (κ2) is 6.35. The smallest absolute Gasteiger partial charge is 0.341 e. The summed E-state index contributed by atoms with van der Waals surface area (Å²) >= 11 is 0. The number of hydrogen-bond donors (Lipinski definition) is 2. The normalized spacial score (nSPS) is 17.9. The molecule has 26 heavy (non-hydrogen) atoms. The van der Waals surface area contributed by atoms with Gasteiger partial charge >= 0.3 is 5.97 Å². The fourth-order valence-corrected chi connectivity index (χ4v) is 3.44. The van der Waals surface area contributed by atoms with Crippen LogP contribution in [0.2, 0.25) is 0 Å². The molecule has 1 aliphatic rings. The number of rotatable bonds is 3. The molecule has 1 aliphatic heterocycles. The summed E-state index contributed by atoms with van der Waals surface area (Å²) in [6.07, 6.45) is 3.04. The van der Waals surface area contributed by atoms with E-state index in [1.54, 1.807) is 4.57 Å². The fourth-order valence-electron chi connectivity index (χ4n) is 3.44. The van der Waals surface area contributed by atoms with Gasteiger partial charge in [-0.05, 0) is 39.7 Å². The predicted octanol–water partition coefficient (Wildman–Crippen LogP) is 1.92. The van der Waals surface area contributed by atoms with E-state index >= 15 is 0 Å². The molecule has 3 rings (SSSR count). The Hall–Kier alpha value is -2.48. The summed E-state index contributed by atoms with van der Waals surface area (Å²) in [5.74, 6) is -1.83. The van der Waals surface area contributed by atoms with Crippen LogP contribution in [-0.4, -0.2) is 39.8 Å². The monoisotopic (exact) mass is 362 g/mol. The Morgan fingerprint density at radius 1 is 1.46 bits per heavy atom. The Morgan fingerprint density at radius 2 is 2.15 bits per heavy atom. The summed E-state index contributed by atoms with van der Waals surface area (Å²) in [4.78, 5) is 30.2. The highest BCUT2D eigenvalue weighted by atomic mass is 19.1. The third kappa shape index (κ3) is 2.94. The van der Waals surface area contributed by atoms with Gasteiger partial charge in [0.05, 0.1) is 5.39 Å². The zero-order valence-corrected chi connectivity index (χ0v) is 15.1. The Morgan fingerprint density at radius 3 is 2.73 bits per heavy atom. The van der Waals surface area contributed by atoms with E-state index in [4.69, 9.17) is 5.73 Å². The molecule has 140 valence electrons. The minimum Gasteiger partial charge on any atom is -0.477 e. The topological polar surface area (TPSA) is 101 Å². The standard InChI is InChI=1S/C18H23FN4O3/c1-18(2,3)23-9-12(17(25)26)14(24)11-7-13(19)16(21-15(11)23)22-6-4-5-10(22)8-20/h7,9-10H,4-6,8,20H2,1-3H3,(H,25,26)/t10-/m0/s1. The number of halogens is 1. The Labute approximate surface area is 150 Å². The van der Waals surface area contributed by atoms with Crippen molar-refractivity contribution >= 4 is 22.8 Å². The van der Waals surface area contributed by atoms with Crippen LogP contribution < -0.4 is 16.1 Å². The quantitative estimate of drug-likeness (QED) is 0.865. The number of hydrogen-bond acceptors (Lipinski definition) is 5. The number of aromatic nitrogens is 2. The van der Waals surface area contributed by atoms with Crippen LogP contribution in [0.5, 0.6) is 0 Å². The molecule has 0 aromatic carbocycles. The largest absolute Gasteiger partial charge is 0.477 e. The van der Waals surface area contributed by atoms with Gasteiger partial charge in [0.15, 0.2) is 11.6 Å². The lowest BCUT2D eigenvalue weighted by molar-refractivity contribution is 0.0694. The van der Waals surface area contributed by atoms with Gasteiger partial charge < -0.3 is 20.3 Å². The molecule has 1 fully saturated rings. The number of fused-ring (bicyclic) bond motifs is 1. The van der Waals surface area contributed by atoms with Crippen LogP contribution >= 0.6 is 0 Å². The van der Waals surface area contributed by atoms with Gasteiger partial charge in [-0.25, -0.2) is 14.2 Å². The molecule has 0 unspecified atom stereocenters. The van der Waals surface area contributed by atoms with E-state index in [0.29, 0.717) is 13.1 Å². The molecule has 1 saturated heterocycles. The summed E-state index contributed by atoms with van der Waals surface area (Å²) in [7, 11) is 0. The molecular weight excluding hydrogens is 339 g/mol. The van der Waals surface area contributed by atoms with E-state index in [1.807, 2.05) is 25.7 Å². The van der Waals surface area contributed by atoms with E-state index in [0.717, 1.165) is 18.9 Å². The Kier molecular flexibility index (Phi) is 4.47. The van der Waals surface area contributed by atoms with Crippen molar-refractivity contribution in [3.8, 4) is 0 Å². The first-order chi connectivity index (χ1) is 12.1. The van der Waals surface area contributed by atoms with Crippen LogP contribution in [0, 0.1) is 5.82 Å². The Balaban J connectivity index is 2.34. The highest BCUT2D eigenvalue weighted by Gasteiger charge is 2.29. The second-order valence-electron chi connectivity index (χ2n) is 7.61. The summed E-state index contributed by atoms with van der Waals surface area (Å²) in [6, 6.07) is 1.10. The van der Waals surface area contributed by atoms with Gasteiger partial charge in [0, 0.05) is 30.9 Å². The molecular formula is C18H23FN4O3. The molecule has 0 bridgehead atoms. The van der Waals surface area contributed by atoms with Crippen LogP contribution in [0.1, 0.15) is 44.0 Å². The maximum absolute atomic E-state index is 14.8. The van der Waals surface area contributed by atoms with Gasteiger partial charge in [0.2, 0.25) is 5.43 Å². The van der Waals surface area contributed by atoms with E-state index in [2.05, 4.69) is 4.98 Å². The lowest BCUT2D eigenvalue weighted by Gasteiger charge is -2.28. The number of pyridine rings is 2. The van der Waals surface area contributed by atoms with Crippen LogP contribution in [-0.2, 0) is 5.54 Å². The molecule has 2 aromatic heterocycles. The average Bonchev–Trinajstić information content (AvgIpc) is 3.02. The molecule has 3 N–H and O–H groups in total. The number of aromatic carboxylic acids is 1. The fraction of sp³-hybridized carbons (Fsp3) is 0.500. The third-order valence-corrected chi connectivity index (χ3v) is 4.79. The van der Waals surface area contributed by atoms with Crippen LogP contribution in [0.15, 0.2) is 17.1 Å². The van der Waals surface area contributed by atoms with Crippen molar-refractivity contribution in [3.05, 3.63) is 33.9 Å². The molecule has 0 aliphatic carbocycles. The summed E-state index contributed by atoms with van der Waals surface area (Å²) in [5.41, 5.74) is 4.38. The van der Waals surface area contributed by atoms with Crippen molar-refractivity contribution in [1.29, 1.82) is 0 Å². The van der Waals surface area contributed by atoms with Gasteiger partial charge in [-0.1, -0.05) is 0 Å². The maximum Gasteiger partial charge on any atom is 0.341 e. The first-order valence-corrected chi connectivity index (χ1v) is 8.61. The van der Waals surface area contributed by atoms with Crippen LogP contribution in [0.3, 0.4) is 0 Å². The maximum atomic E-state index is 14.8. The van der Waals surface area contributed by atoms with E-state index in [9.17, 15) is 19.1 Å². The van der Waals surface area contributed by atoms with E-state index in [1.165, 1.54) is 6.20 Å². The minimum absolute atomic E-state index is 0.00236. The predicted molar refractivity (Wildman–Crippen MR) is 97.3 cm³/mol. The SMILES string of the molecule is CC(C)(C)n1cc(C(=O)O)c(=O)c2cc(F)c(N3CCC[C@H]3CN)nc21. The van der Waals surface area contributed by atoms with Gasteiger partial charge in [-0.15, -0.1) is 0 Å². The van der Waals surface area contributed by atoms with E-state index in [-0.39, 0.29) is 22.9 Å². The summed E-state index contributed by atoms with van der Waals surface area (Å²) in [6.45, 7) is 6.64. The van der Waals surface area contributed by atoms with Crippen molar-refractivity contribution in [3.63, 3.8) is 0 Å². The highest BCUT2D eigenvalue weighted by molar-refractivity contribution is 5.92. The number of carboxylic acids is 1. The number of carbonyl (C=O) groups is 1. The van der Waals surface area contributed by atoms with Crippen molar-refractivity contribution in [1.82, 2.24) is 9.55 Å². The molecule has 2 aromatic rings. The van der Waals surface area contributed by atoms with Crippen molar-refractivity contribution in [2.75, 3.05) is 18.0 Å². The number of carboxylic acid groups (broad SMARTS) is 1. The molecule has 0 radical (unpaired) electrons. The zero-order chi connectivity index (χ0) is 19.2. The van der Waals surface area contributed by atoms with Gasteiger partial charge in [0.1, 0.15) is 11.2 Å². The first-order valence-electron chi connectivity index (χ1n) is 8.61. The van der Waals surface area contributed by atoms with E-state index < -0.39 is 28.3 Å². The minimum atomic E-state index is -1.35. The number of nitrogens with two attached hydrogens (primary N) is 1. The molecule has 3 heterocycles. The van der Waals surface area contributed by atoms with Gasteiger partial charge in [-0.3, -0.25) is 4.79 Å². The highest BCUT2D eigenvalue weighted by Crippen LogP contribution is 2.29. The van der Waals surface area contributed by atoms with Crippen LogP contribution in [0.25, 0.3) is 11.0 Å². The molecule has 8 heteroatoms. The lowest BCUT2D eigenvalue weighted by atomic mass is 10.1. The zero-order valence-electron chi connectivity index (χ0n) is 15.1. The molecule has 7 nitrogen and oxygen atoms in total. The molecule has 0 saturated carbocycles. The molecule has 0 spiro atoms. The second-order valence-corrected chi connectivity index (χ2v) is 7.61. The van der Waals surface area contributed by atoms with Crippen molar-refractivity contribution < 1.29 is 14.3 Å². The third-order valence-electron chi connectivity index (χ3n) is 4.79.